The molecule has 0 unspecified atom stereocenters. The third-order valence-corrected chi connectivity index (χ3v) is 5.51. The summed E-state index contributed by atoms with van der Waals surface area (Å²) < 4.78 is 0.963. The Bertz CT molecular complexity index is 863. The molecule has 3 rings (SSSR count). The Morgan fingerprint density at radius 1 is 1.11 bits per heavy atom. The maximum atomic E-state index is 13.0. The predicted molar refractivity (Wildman–Crippen MR) is 117 cm³/mol. The number of anilines is 2. The smallest absolute Gasteiger partial charge is 0.256 e. The van der Waals surface area contributed by atoms with Crippen molar-refractivity contribution in [3.63, 3.8) is 0 Å². The first kappa shape index (κ1) is 20.4. The van der Waals surface area contributed by atoms with Crippen molar-refractivity contribution >= 4 is 39.1 Å². The minimum Gasteiger partial charge on any atom is -0.371 e. The van der Waals surface area contributed by atoms with Gasteiger partial charge in [0.15, 0.2) is 0 Å². The molecule has 1 fully saturated rings. The zero-order chi connectivity index (χ0) is 20.1. The Morgan fingerprint density at radius 2 is 1.82 bits per heavy atom. The number of aryl methyl sites for hydroxylation is 1. The molecule has 1 aliphatic rings. The van der Waals surface area contributed by atoms with Gasteiger partial charge < -0.3 is 15.1 Å². The van der Waals surface area contributed by atoms with Crippen molar-refractivity contribution in [1.29, 1.82) is 0 Å². The van der Waals surface area contributed by atoms with Crippen LogP contribution in [0.15, 0.2) is 46.9 Å². The Hall–Kier alpha value is -2.34. The molecule has 0 aromatic heterocycles. The summed E-state index contributed by atoms with van der Waals surface area (Å²) in [7, 11) is 1.67. The fraction of sp³-hybridized carbons (Fsp3) is 0.364. The number of carbonyl (C=O) groups is 2. The lowest BCUT2D eigenvalue weighted by molar-refractivity contribution is -0.116. The van der Waals surface area contributed by atoms with Crippen molar-refractivity contribution < 1.29 is 9.59 Å². The summed E-state index contributed by atoms with van der Waals surface area (Å²) >= 11 is 3.42. The first-order chi connectivity index (χ1) is 13.5. The quantitative estimate of drug-likeness (QED) is 0.741. The number of rotatable bonds is 5. The van der Waals surface area contributed by atoms with Gasteiger partial charge in [-0.15, -0.1) is 0 Å². The first-order valence-corrected chi connectivity index (χ1v) is 10.4. The number of para-hydroxylation sites is 1. The third-order valence-electron chi connectivity index (χ3n) is 5.02. The van der Waals surface area contributed by atoms with Crippen LogP contribution in [0.5, 0.6) is 0 Å². The van der Waals surface area contributed by atoms with E-state index >= 15 is 0 Å². The fourth-order valence-corrected chi connectivity index (χ4v) is 3.99. The van der Waals surface area contributed by atoms with E-state index in [1.165, 1.54) is 11.3 Å². The Balaban J connectivity index is 1.68. The lowest BCUT2D eigenvalue weighted by Crippen LogP contribution is -2.37. The van der Waals surface area contributed by atoms with E-state index in [9.17, 15) is 9.59 Å². The van der Waals surface area contributed by atoms with E-state index in [2.05, 4.69) is 26.1 Å². The van der Waals surface area contributed by atoms with Crippen molar-refractivity contribution in [3.8, 4) is 0 Å². The molecule has 5 nitrogen and oxygen atoms in total. The Kier molecular flexibility index (Phi) is 6.73. The maximum absolute atomic E-state index is 13.0. The Labute approximate surface area is 174 Å². The molecule has 2 amide bonds. The molecule has 0 spiro atoms. The van der Waals surface area contributed by atoms with E-state index in [1.807, 2.05) is 49.4 Å². The summed E-state index contributed by atoms with van der Waals surface area (Å²) in [6.07, 6.45) is 3.53. The molecule has 0 bridgehead atoms. The molecule has 0 radical (unpaired) electrons. The SMILES string of the molecule is Cc1cc(Br)ccc1NC(=O)CN(C)C(=O)c1ccccc1N1CCCCC1. The van der Waals surface area contributed by atoms with Crippen molar-refractivity contribution in [1.82, 2.24) is 4.90 Å². The second-order valence-electron chi connectivity index (χ2n) is 7.23. The third kappa shape index (κ3) is 4.93. The monoisotopic (exact) mass is 443 g/mol. The van der Waals surface area contributed by atoms with Gasteiger partial charge in [-0.3, -0.25) is 9.59 Å². The predicted octanol–water partition coefficient (Wildman–Crippen LogP) is 4.46. The van der Waals surface area contributed by atoms with Gasteiger partial charge in [0.25, 0.3) is 5.91 Å². The molecular formula is C22H26BrN3O2. The van der Waals surface area contributed by atoms with E-state index < -0.39 is 0 Å². The van der Waals surface area contributed by atoms with Crippen molar-refractivity contribution in [2.24, 2.45) is 0 Å². The minimum atomic E-state index is -0.211. The first-order valence-electron chi connectivity index (χ1n) is 9.61. The van der Waals surface area contributed by atoms with E-state index in [1.54, 1.807) is 7.05 Å². The second-order valence-corrected chi connectivity index (χ2v) is 8.15. The summed E-state index contributed by atoms with van der Waals surface area (Å²) in [4.78, 5) is 29.2. The van der Waals surface area contributed by atoms with Crippen molar-refractivity contribution in [2.45, 2.75) is 26.2 Å². The highest BCUT2D eigenvalue weighted by molar-refractivity contribution is 9.10. The molecule has 0 saturated carbocycles. The molecule has 6 heteroatoms. The van der Waals surface area contributed by atoms with Gasteiger partial charge in [0.2, 0.25) is 5.91 Å². The standard InChI is InChI=1S/C22H26BrN3O2/c1-16-14-17(23)10-11-19(16)24-21(27)15-25(2)22(28)18-8-4-5-9-20(18)26-12-6-3-7-13-26/h4-5,8-11,14H,3,6-7,12-13,15H2,1-2H3,(H,24,27). The zero-order valence-electron chi connectivity index (χ0n) is 16.4. The van der Waals surface area contributed by atoms with Crippen molar-refractivity contribution in [2.75, 3.05) is 36.9 Å². The van der Waals surface area contributed by atoms with Gasteiger partial charge in [0.05, 0.1) is 12.1 Å². The average molecular weight is 444 g/mol. The van der Waals surface area contributed by atoms with Crippen LogP contribution in [0.2, 0.25) is 0 Å². The maximum Gasteiger partial charge on any atom is 0.256 e. The van der Waals surface area contributed by atoms with Crippen molar-refractivity contribution in [3.05, 3.63) is 58.1 Å². The molecule has 1 heterocycles. The highest BCUT2D eigenvalue weighted by atomic mass is 79.9. The van der Waals surface area contributed by atoms with Crippen LogP contribution in [0.25, 0.3) is 0 Å². The highest BCUT2D eigenvalue weighted by Gasteiger charge is 2.22. The molecule has 0 atom stereocenters. The molecule has 148 valence electrons. The number of hydrogen-bond acceptors (Lipinski definition) is 3. The van der Waals surface area contributed by atoms with Crippen LogP contribution in [-0.4, -0.2) is 43.4 Å². The molecule has 1 N–H and O–H groups in total. The average Bonchev–Trinajstić information content (AvgIpc) is 2.70. The Morgan fingerprint density at radius 3 is 2.54 bits per heavy atom. The number of nitrogens with one attached hydrogen (secondary N) is 1. The minimum absolute atomic E-state index is 0.00265. The van der Waals surface area contributed by atoms with Crippen LogP contribution in [0, 0.1) is 6.92 Å². The molecular weight excluding hydrogens is 418 g/mol. The van der Waals surface area contributed by atoms with E-state index in [-0.39, 0.29) is 18.4 Å². The van der Waals surface area contributed by atoms with E-state index in [0.717, 1.165) is 47.3 Å². The van der Waals surface area contributed by atoms with Gasteiger partial charge in [0, 0.05) is 36.0 Å². The van der Waals surface area contributed by atoms with Crippen LogP contribution >= 0.6 is 15.9 Å². The van der Waals surface area contributed by atoms with Gasteiger partial charge in [-0.25, -0.2) is 0 Å². The van der Waals surface area contributed by atoms with Gasteiger partial charge in [-0.2, -0.15) is 0 Å². The summed E-state index contributed by atoms with van der Waals surface area (Å²) in [6, 6.07) is 13.4. The summed E-state index contributed by atoms with van der Waals surface area (Å²) in [5.41, 5.74) is 3.33. The van der Waals surface area contributed by atoms with Crippen LogP contribution in [0.1, 0.15) is 35.2 Å². The normalized spacial score (nSPS) is 13.9. The summed E-state index contributed by atoms with van der Waals surface area (Å²) in [5.74, 6) is -0.347. The van der Waals surface area contributed by atoms with Crippen LogP contribution in [-0.2, 0) is 4.79 Å². The number of hydrogen-bond donors (Lipinski definition) is 1. The number of amides is 2. The van der Waals surface area contributed by atoms with Gasteiger partial charge in [-0.05, 0) is 62.1 Å². The number of halogens is 1. The van der Waals surface area contributed by atoms with Gasteiger partial charge in [-0.1, -0.05) is 28.1 Å². The van der Waals surface area contributed by atoms with E-state index in [0.29, 0.717) is 5.56 Å². The lowest BCUT2D eigenvalue weighted by Gasteiger charge is -2.31. The summed E-state index contributed by atoms with van der Waals surface area (Å²) in [5, 5.41) is 2.89. The largest absolute Gasteiger partial charge is 0.371 e. The molecule has 2 aromatic rings. The molecule has 1 aliphatic heterocycles. The molecule has 28 heavy (non-hydrogen) atoms. The van der Waals surface area contributed by atoms with E-state index in [4.69, 9.17) is 0 Å². The second kappa shape index (κ2) is 9.24. The van der Waals surface area contributed by atoms with Gasteiger partial charge in [0.1, 0.15) is 0 Å². The van der Waals surface area contributed by atoms with Crippen LogP contribution in [0.3, 0.4) is 0 Å². The molecule has 0 aliphatic carbocycles. The number of nitrogens with zero attached hydrogens (tertiary/aromatic N) is 2. The number of benzene rings is 2. The van der Waals surface area contributed by atoms with Crippen LogP contribution < -0.4 is 10.2 Å². The van der Waals surface area contributed by atoms with Crippen LogP contribution in [0.4, 0.5) is 11.4 Å². The highest BCUT2D eigenvalue weighted by Crippen LogP contribution is 2.25. The number of carbonyl (C=O) groups excluding carboxylic acids is 2. The lowest BCUT2D eigenvalue weighted by atomic mass is 10.1. The zero-order valence-corrected chi connectivity index (χ0v) is 18.0. The summed E-state index contributed by atoms with van der Waals surface area (Å²) in [6.45, 7) is 3.88. The fourth-order valence-electron chi connectivity index (χ4n) is 3.51. The van der Waals surface area contributed by atoms with Gasteiger partial charge >= 0.3 is 0 Å². The topological polar surface area (TPSA) is 52.7 Å². The number of likely N-dealkylation sites (N-methyl/N-ethyl adjacent to an activating group) is 1. The number of piperidine rings is 1. The molecule has 1 saturated heterocycles. The molecule has 2 aromatic carbocycles.